The zero-order valence-corrected chi connectivity index (χ0v) is 17.8. The van der Waals surface area contributed by atoms with Crippen molar-refractivity contribution < 1.29 is 17.6 Å². The maximum Gasteiger partial charge on any atom is 0.243 e. The average Bonchev–Trinajstić information content (AvgIpc) is 2.73. The van der Waals surface area contributed by atoms with E-state index in [4.69, 9.17) is 0 Å². The van der Waals surface area contributed by atoms with Crippen LogP contribution in [0.15, 0.2) is 29.2 Å². The van der Waals surface area contributed by atoms with E-state index < -0.39 is 15.8 Å². The molecule has 1 N–H and O–H groups in total. The average molecular weight is 427 g/mol. The van der Waals surface area contributed by atoms with Crippen molar-refractivity contribution in [2.45, 2.75) is 37.1 Å². The molecule has 7 nitrogen and oxygen atoms in total. The summed E-state index contributed by atoms with van der Waals surface area (Å²) in [5.74, 6) is -0.682. The summed E-state index contributed by atoms with van der Waals surface area (Å²) in [4.78, 5) is 16.8. The topological polar surface area (TPSA) is 73.0 Å². The highest BCUT2D eigenvalue weighted by molar-refractivity contribution is 7.89. The van der Waals surface area contributed by atoms with E-state index >= 15 is 0 Å². The molecule has 29 heavy (non-hydrogen) atoms. The number of amides is 1. The lowest BCUT2D eigenvalue weighted by molar-refractivity contribution is -0.132. The number of halogens is 1. The Morgan fingerprint density at radius 1 is 1.17 bits per heavy atom. The molecule has 1 amide bonds. The highest BCUT2D eigenvalue weighted by atomic mass is 32.2. The van der Waals surface area contributed by atoms with E-state index in [1.54, 1.807) is 4.90 Å². The van der Waals surface area contributed by atoms with Crippen molar-refractivity contribution in [3.63, 3.8) is 0 Å². The van der Waals surface area contributed by atoms with Gasteiger partial charge in [0, 0.05) is 45.3 Å². The second-order valence-electron chi connectivity index (χ2n) is 7.80. The molecule has 2 fully saturated rings. The number of nitrogens with one attached hydrogen (secondary N) is 1. The Hall–Kier alpha value is -1.55. The van der Waals surface area contributed by atoms with Crippen LogP contribution in [0.1, 0.15) is 26.2 Å². The number of nitrogens with zero attached hydrogens (tertiary/aromatic N) is 3. The lowest BCUT2D eigenvalue weighted by Crippen LogP contribution is -2.51. The number of piperazine rings is 1. The summed E-state index contributed by atoms with van der Waals surface area (Å²) in [7, 11) is -3.89. The van der Waals surface area contributed by atoms with Gasteiger partial charge in [0.25, 0.3) is 0 Å². The summed E-state index contributed by atoms with van der Waals surface area (Å²) >= 11 is 0. The normalized spacial score (nSPS) is 21.5. The summed E-state index contributed by atoms with van der Waals surface area (Å²) in [5.41, 5.74) is 0. The molecule has 0 bridgehead atoms. The quantitative estimate of drug-likeness (QED) is 0.708. The standard InChI is InChI=1S/C20H31FN4O3S/c1-17-4-2-3-11-23(17)14-15-25(16-20(26)24-12-9-22-10-13-24)29(27,28)19-7-5-18(21)6-8-19/h5-8,17,22H,2-4,9-16H2,1H3/t17-/m0/s1. The zero-order chi connectivity index (χ0) is 20.9. The first-order valence-electron chi connectivity index (χ1n) is 10.4. The predicted molar refractivity (Wildman–Crippen MR) is 109 cm³/mol. The van der Waals surface area contributed by atoms with Crippen LogP contribution in [0.4, 0.5) is 4.39 Å². The SMILES string of the molecule is C[C@H]1CCCCN1CCN(CC(=O)N1CCNCC1)S(=O)(=O)c1ccc(F)cc1. The number of hydrogen-bond donors (Lipinski definition) is 1. The van der Waals surface area contributed by atoms with Gasteiger partial charge in [-0.25, -0.2) is 12.8 Å². The van der Waals surface area contributed by atoms with Crippen molar-refractivity contribution in [3.05, 3.63) is 30.1 Å². The summed E-state index contributed by atoms with van der Waals surface area (Å²) in [5, 5.41) is 3.19. The highest BCUT2D eigenvalue weighted by Crippen LogP contribution is 2.19. The number of rotatable bonds is 7. The molecule has 1 aromatic carbocycles. The van der Waals surface area contributed by atoms with E-state index in [1.807, 2.05) is 0 Å². The fourth-order valence-electron chi connectivity index (χ4n) is 3.93. The fraction of sp³-hybridized carbons (Fsp3) is 0.650. The molecule has 2 heterocycles. The van der Waals surface area contributed by atoms with Gasteiger partial charge in [0.1, 0.15) is 5.82 Å². The van der Waals surface area contributed by atoms with Crippen molar-refractivity contribution >= 4 is 15.9 Å². The van der Waals surface area contributed by atoms with Crippen LogP contribution >= 0.6 is 0 Å². The lowest BCUT2D eigenvalue weighted by Gasteiger charge is -2.35. The van der Waals surface area contributed by atoms with Gasteiger partial charge in [0.2, 0.25) is 15.9 Å². The third kappa shape index (κ3) is 5.75. The monoisotopic (exact) mass is 426 g/mol. The van der Waals surface area contributed by atoms with Crippen LogP contribution in [0, 0.1) is 5.82 Å². The minimum atomic E-state index is -3.89. The van der Waals surface area contributed by atoms with Crippen molar-refractivity contribution in [1.29, 1.82) is 0 Å². The van der Waals surface area contributed by atoms with Gasteiger partial charge < -0.3 is 10.2 Å². The van der Waals surface area contributed by atoms with Crippen LogP contribution in [-0.2, 0) is 14.8 Å². The van der Waals surface area contributed by atoms with Gasteiger partial charge in [-0.2, -0.15) is 4.31 Å². The largest absolute Gasteiger partial charge is 0.339 e. The maximum atomic E-state index is 13.3. The molecule has 1 aromatic rings. The molecule has 2 saturated heterocycles. The predicted octanol–water partition coefficient (Wildman–Crippen LogP) is 1.12. The Morgan fingerprint density at radius 3 is 2.52 bits per heavy atom. The smallest absolute Gasteiger partial charge is 0.243 e. The second-order valence-corrected chi connectivity index (χ2v) is 9.74. The fourth-order valence-corrected chi connectivity index (χ4v) is 5.32. The first kappa shape index (κ1) is 22.1. The van der Waals surface area contributed by atoms with Gasteiger partial charge in [-0.1, -0.05) is 6.42 Å². The molecule has 0 spiro atoms. The van der Waals surface area contributed by atoms with Gasteiger partial charge in [-0.3, -0.25) is 9.69 Å². The maximum absolute atomic E-state index is 13.3. The van der Waals surface area contributed by atoms with E-state index in [0.29, 0.717) is 38.8 Å². The Labute approximate surface area is 172 Å². The molecule has 2 aliphatic heterocycles. The molecule has 162 valence electrons. The molecule has 0 aromatic heterocycles. The van der Waals surface area contributed by atoms with E-state index in [9.17, 15) is 17.6 Å². The number of carbonyl (C=O) groups excluding carboxylic acids is 1. The van der Waals surface area contributed by atoms with E-state index in [2.05, 4.69) is 17.1 Å². The summed E-state index contributed by atoms with van der Waals surface area (Å²) in [6.07, 6.45) is 3.40. The van der Waals surface area contributed by atoms with Crippen LogP contribution in [0.25, 0.3) is 0 Å². The lowest BCUT2D eigenvalue weighted by atomic mass is 10.0. The van der Waals surface area contributed by atoms with Crippen LogP contribution in [0.5, 0.6) is 0 Å². The van der Waals surface area contributed by atoms with Gasteiger partial charge >= 0.3 is 0 Å². The summed E-state index contributed by atoms with van der Waals surface area (Å²) in [6, 6.07) is 5.20. The van der Waals surface area contributed by atoms with Crippen molar-refractivity contribution in [2.24, 2.45) is 0 Å². The number of piperidine rings is 1. The molecule has 9 heteroatoms. The molecule has 1 atom stereocenters. The third-order valence-corrected chi connectivity index (χ3v) is 7.67. The summed E-state index contributed by atoms with van der Waals surface area (Å²) < 4.78 is 41.0. The van der Waals surface area contributed by atoms with Crippen molar-refractivity contribution in [2.75, 3.05) is 52.4 Å². The number of sulfonamides is 1. The molecular formula is C20H31FN4O3S. The minimum absolute atomic E-state index is 0.0127. The van der Waals surface area contributed by atoms with Gasteiger partial charge in [0.05, 0.1) is 11.4 Å². The molecule has 0 aliphatic carbocycles. The number of likely N-dealkylation sites (tertiary alicyclic amines) is 1. The zero-order valence-electron chi connectivity index (χ0n) is 17.0. The van der Waals surface area contributed by atoms with Crippen LogP contribution in [0.2, 0.25) is 0 Å². The molecule has 0 saturated carbocycles. The van der Waals surface area contributed by atoms with E-state index in [1.165, 1.54) is 22.9 Å². The Bertz CT molecular complexity index is 781. The number of benzene rings is 1. The van der Waals surface area contributed by atoms with Gasteiger partial charge in [0.15, 0.2) is 0 Å². The van der Waals surface area contributed by atoms with E-state index in [-0.39, 0.29) is 23.9 Å². The Morgan fingerprint density at radius 2 is 1.86 bits per heavy atom. The van der Waals surface area contributed by atoms with Crippen LogP contribution in [0.3, 0.4) is 0 Å². The van der Waals surface area contributed by atoms with E-state index in [0.717, 1.165) is 31.5 Å². The third-order valence-electron chi connectivity index (χ3n) is 5.81. The second kappa shape index (κ2) is 9.97. The molecule has 3 rings (SSSR count). The summed E-state index contributed by atoms with van der Waals surface area (Å²) in [6.45, 7) is 6.30. The number of carbonyl (C=O) groups is 1. The first-order valence-corrected chi connectivity index (χ1v) is 11.8. The van der Waals surface area contributed by atoms with Crippen molar-refractivity contribution in [3.8, 4) is 0 Å². The Kier molecular flexibility index (Phi) is 7.61. The molecule has 0 radical (unpaired) electrons. The first-order chi connectivity index (χ1) is 13.9. The van der Waals surface area contributed by atoms with Crippen LogP contribution < -0.4 is 5.32 Å². The molecule has 2 aliphatic rings. The Balaban J connectivity index is 1.75. The molecule has 0 unspecified atom stereocenters. The molecular weight excluding hydrogens is 395 g/mol. The minimum Gasteiger partial charge on any atom is -0.339 e. The number of hydrogen-bond acceptors (Lipinski definition) is 5. The van der Waals surface area contributed by atoms with Crippen molar-refractivity contribution in [1.82, 2.24) is 19.4 Å². The van der Waals surface area contributed by atoms with Gasteiger partial charge in [-0.05, 0) is 50.6 Å². The van der Waals surface area contributed by atoms with Crippen LogP contribution in [-0.4, -0.2) is 86.8 Å². The highest BCUT2D eigenvalue weighted by Gasteiger charge is 2.30. The van der Waals surface area contributed by atoms with Gasteiger partial charge in [-0.15, -0.1) is 0 Å².